The molecule has 1 aliphatic heterocycles. The quantitative estimate of drug-likeness (QED) is 0.728. The molecule has 0 radical (unpaired) electrons. The van der Waals surface area contributed by atoms with Crippen LogP contribution in [0.2, 0.25) is 0 Å². The number of benzene rings is 1. The monoisotopic (exact) mass is 378 g/mol. The van der Waals surface area contributed by atoms with Crippen LogP contribution in [-0.2, 0) is 19.2 Å². The SMILES string of the molecule is CC(=O)N[C@H](CS[C@@H]1CC(=O)N(c2c(C)cc(C)cc2C)C1=O)C(=O)O. The second-order valence-electron chi connectivity index (χ2n) is 6.43. The molecule has 2 atom stereocenters. The van der Waals surface area contributed by atoms with E-state index in [0.29, 0.717) is 5.69 Å². The second-order valence-corrected chi connectivity index (χ2v) is 7.67. The minimum atomic E-state index is -1.17. The van der Waals surface area contributed by atoms with Gasteiger partial charge < -0.3 is 10.4 Å². The number of carboxylic acids is 1. The van der Waals surface area contributed by atoms with Crippen LogP contribution in [0.3, 0.4) is 0 Å². The van der Waals surface area contributed by atoms with Gasteiger partial charge in [0.2, 0.25) is 17.7 Å². The van der Waals surface area contributed by atoms with E-state index >= 15 is 0 Å². The van der Waals surface area contributed by atoms with Gasteiger partial charge >= 0.3 is 5.97 Å². The lowest BCUT2D eigenvalue weighted by molar-refractivity contribution is -0.140. The molecule has 2 N–H and O–H groups in total. The van der Waals surface area contributed by atoms with E-state index in [1.54, 1.807) is 0 Å². The highest BCUT2D eigenvalue weighted by Crippen LogP contribution is 2.34. The third-order valence-electron chi connectivity index (χ3n) is 4.10. The number of carbonyl (C=O) groups excluding carboxylic acids is 3. The van der Waals surface area contributed by atoms with Crippen LogP contribution in [0.1, 0.15) is 30.0 Å². The fourth-order valence-corrected chi connectivity index (χ4v) is 4.29. The Kier molecular flexibility index (Phi) is 6.07. The van der Waals surface area contributed by atoms with Gasteiger partial charge in [-0.25, -0.2) is 9.69 Å². The number of aliphatic carboxylic acids is 1. The largest absolute Gasteiger partial charge is 0.480 e. The maximum atomic E-state index is 12.8. The third kappa shape index (κ3) is 4.24. The molecule has 1 aliphatic rings. The molecule has 3 amide bonds. The number of anilines is 1. The number of aryl methyl sites for hydroxylation is 3. The van der Waals surface area contributed by atoms with Gasteiger partial charge in [-0.1, -0.05) is 17.7 Å². The standard InChI is InChI=1S/C18H22N2O5S/c1-9-5-10(2)16(11(3)6-9)20-15(22)7-14(17(20)23)26-8-13(18(24)25)19-12(4)21/h5-6,13-14H,7-8H2,1-4H3,(H,19,21)(H,24,25)/t13-,14-/m1/s1. The Balaban J connectivity index is 2.16. The average Bonchev–Trinajstić information content (AvgIpc) is 2.77. The normalized spacial score (nSPS) is 18.2. The van der Waals surface area contributed by atoms with E-state index in [1.165, 1.54) is 11.8 Å². The molecule has 8 heteroatoms. The first-order chi connectivity index (χ1) is 12.1. The molecule has 1 saturated heterocycles. The lowest BCUT2D eigenvalue weighted by atomic mass is 10.0. The molecule has 7 nitrogen and oxygen atoms in total. The Bertz CT molecular complexity index is 754. The van der Waals surface area contributed by atoms with E-state index in [1.807, 2.05) is 32.9 Å². The highest BCUT2D eigenvalue weighted by Gasteiger charge is 2.41. The Hall–Kier alpha value is -2.35. The van der Waals surface area contributed by atoms with E-state index in [9.17, 15) is 19.2 Å². The summed E-state index contributed by atoms with van der Waals surface area (Å²) in [5, 5.41) is 10.8. The highest BCUT2D eigenvalue weighted by molar-refractivity contribution is 8.00. The van der Waals surface area contributed by atoms with Crippen LogP contribution in [0.15, 0.2) is 12.1 Å². The summed E-state index contributed by atoms with van der Waals surface area (Å²) in [5.74, 6) is -2.26. The third-order valence-corrected chi connectivity index (χ3v) is 5.40. The summed E-state index contributed by atoms with van der Waals surface area (Å²) in [6.07, 6.45) is 0.0165. The lowest BCUT2D eigenvalue weighted by Crippen LogP contribution is -2.42. The number of nitrogens with zero attached hydrogens (tertiary/aromatic N) is 1. The first kappa shape index (κ1) is 20.0. The van der Waals surface area contributed by atoms with Crippen molar-refractivity contribution in [2.75, 3.05) is 10.7 Å². The second kappa shape index (κ2) is 7.90. The summed E-state index contributed by atoms with van der Waals surface area (Å²) in [6, 6.07) is 2.73. The van der Waals surface area contributed by atoms with E-state index in [4.69, 9.17) is 5.11 Å². The summed E-state index contributed by atoms with van der Waals surface area (Å²) in [5.41, 5.74) is 3.34. The number of carbonyl (C=O) groups is 4. The van der Waals surface area contributed by atoms with Gasteiger partial charge in [0, 0.05) is 19.1 Å². The van der Waals surface area contributed by atoms with Gasteiger partial charge in [-0.05, 0) is 31.9 Å². The summed E-state index contributed by atoms with van der Waals surface area (Å²) in [4.78, 5) is 48.7. The first-order valence-electron chi connectivity index (χ1n) is 8.18. The van der Waals surface area contributed by atoms with Gasteiger partial charge in [0.15, 0.2) is 0 Å². The average molecular weight is 378 g/mol. The minimum absolute atomic E-state index is 0.0122. The van der Waals surface area contributed by atoms with E-state index in [2.05, 4.69) is 5.32 Å². The van der Waals surface area contributed by atoms with Crippen molar-refractivity contribution in [1.29, 1.82) is 0 Å². The molecular formula is C18H22N2O5S. The van der Waals surface area contributed by atoms with Gasteiger partial charge in [-0.2, -0.15) is 0 Å². The van der Waals surface area contributed by atoms with Crippen molar-refractivity contribution < 1.29 is 24.3 Å². The number of imide groups is 1. The van der Waals surface area contributed by atoms with Crippen LogP contribution >= 0.6 is 11.8 Å². The maximum Gasteiger partial charge on any atom is 0.327 e. The predicted molar refractivity (Wildman–Crippen MR) is 99.2 cm³/mol. The van der Waals surface area contributed by atoms with Crippen LogP contribution in [0.5, 0.6) is 0 Å². The maximum absolute atomic E-state index is 12.8. The fourth-order valence-electron chi connectivity index (χ4n) is 3.13. The summed E-state index contributed by atoms with van der Waals surface area (Å²) < 4.78 is 0. The molecule has 0 spiro atoms. The zero-order valence-electron chi connectivity index (χ0n) is 15.2. The molecule has 0 unspecified atom stereocenters. The van der Waals surface area contributed by atoms with Crippen molar-refractivity contribution in [1.82, 2.24) is 5.32 Å². The predicted octanol–water partition coefficient (Wildman–Crippen LogP) is 1.57. The van der Waals surface area contributed by atoms with Crippen LogP contribution in [0.25, 0.3) is 0 Å². The summed E-state index contributed by atoms with van der Waals surface area (Å²) in [6.45, 7) is 6.89. The Morgan fingerprint density at radius 3 is 2.35 bits per heavy atom. The Morgan fingerprint density at radius 1 is 1.27 bits per heavy atom. The molecule has 0 bridgehead atoms. The van der Waals surface area contributed by atoms with Crippen LogP contribution < -0.4 is 10.2 Å². The van der Waals surface area contributed by atoms with E-state index in [-0.39, 0.29) is 24.0 Å². The summed E-state index contributed by atoms with van der Waals surface area (Å²) in [7, 11) is 0. The first-order valence-corrected chi connectivity index (χ1v) is 9.22. The van der Waals surface area contributed by atoms with Gasteiger partial charge in [-0.15, -0.1) is 11.8 Å². The zero-order valence-corrected chi connectivity index (χ0v) is 16.0. The number of thioether (sulfide) groups is 1. The van der Waals surface area contributed by atoms with Gasteiger partial charge in [0.05, 0.1) is 10.9 Å². The molecule has 26 heavy (non-hydrogen) atoms. The van der Waals surface area contributed by atoms with Crippen molar-refractivity contribution in [2.24, 2.45) is 0 Å². The lowest BCUT2D eigenvalue weighted by Gasteiger charge is -2.21. The number of nitrogens with one attached hydrogen (secondary N) is 1. The Labute approximate surface area is 156 Å². The molecule has 0 saturated carbocycles. The molecular weight excluding hydrogens is 356 g/mol. The number of carboxylic acid groups (broad SMARTS) is 1. The van der Waals surface area contributed by atoms with Gasteiger partial charge in [-0.3, -0.25) is 14.4 Å². The highest BCUT2D eigenvalue weighted by atomic mass is 32.2. The van der Waals surface area contributed by atoms with Crippen molar-refractivity contribution >= 4 is 41.1 Å². The molecule has 1 aromatic rings. The van der Waals surface area contributed by atoms with Crippen molar-refractivity contribution in [3.05, 3.63) is 28.8 Å². The van der Waals surface area contributed by atoms with Crippen molar-refractivity contribution in [3.63, 3.8) is 0 Å². The van der Waals surface area contributed by atoms with Crippen molar-refractivity contribution in [3.8, 4) is 0 Å². The van der Waals surface area contributed by atoms with Crippen molar-refractivity contribution in [2.45, 2.75) is 45.4 Å². The molecule has 2 rings (SSSR count). The summed E-state index contributed by atoms with van der Waals surface area (Å²) >= 11 is 1.08. The molecule has 1 heterocycles. The number of rotatable bonds is 6. The topological polar surface area (TPSA) is 104 Å². The smallest absolute Gasteiger partial charge is 0.327 e. The van der Waals surface area contributed by atoms with E-state index < -0.39 is 23.2 Å². The number of amides is 3. The fraction of sp³-hybridized carbons (Fsp3) is 0.444. The molecule has 0 aliphatic carbocycles. The van der Waals surface area contributed by atoms with Crippen LogP contribution in [0, 0.1) is 20.8 Å². The molecule has 1 aromatic carbocycles. The van der Waals surface area contributed by atoms with Crippen LogP contribution in [0.4, 0.5) is 5.69 Å². The molecule has 0 aromatic heterocycles. The number of hydrogen-bond donors (Lipinski definition) is 2. The molecule has 140 valence electrons. The number of hydrogen-bond acceptors (Lipinski definition) is 5. The molecule has 1 fully saturated rings. The minimum Gasteiger partial charge on any atom is -0.480 e. The van der Waals surface area contributed by atoms with Gasteiger partial charge in [0.1, 0.15) is 6.04 Å². The Morgan fingerprint density at radius 2 is 1.85 bits per heavy atom. The van der Waals surface area contributed by atoms with E-state index in [0.717, 1.165) is 28.5 Å². The zero-order chi connectivity index (χ0) is 19.6. The van der Waals surface area contributed by atoms with Gasteiger partial charge in [0.25, 0.3) is 0 Å². The van der Waals surface area contributed by atoms with Crippen LogP contribution in [-0.4, -0.2) is 45.8 Å².